The minimum Gasteiger partial charge on any atom is -0.332 e. The van der Waals surface area contributed by atoms with Crippen molar-refractivity contribution in [2.45, 2.75) is 59.7 Å². The van der Waals surface area contributed by atoms with Crippen LogP contribution in [0.3, 0.4) is 0 Å². The number of fused-ring (bicyclic) bond motifs is 1. The fraction of sp³-hybridized carbons (Fsp3) is 0.619. The lowest BCUT2D eigenvalue weighted by atomic mass is 10.1. The number of aryl methyl sites for hydroxylation is 1. The fourth-order valence-electron chi connectivity index (χ4n) is 3.13. The topological polar surface area (TPSA) is 53.4 Å². The van der Waals surface area contributed by atoms with Crippen LogP contribution in [0, 0.1) is 0 Å². The lowest BCUT2D eigenvalue weighted by Gasteiger charge is -2.17. The third-order valence-corrected chi connectivity index (χ3v) is 4.76. The zero-order valence-corrected chi connectivity index (χ0v) is 17.6. The van der Waals surface area contributed by atoms with Crippen LogP contribution in [0.2, 0.25) is 0 Å². The SMILES string of the molecule is CC(C)=CCC/C(C)=C/CN1CCCn2nc(CNC(=O)N(C)C)cc2C1. The number of carbonyl (C=O) groups is 1. The summed E-state index contributed by atoms with van der Waals surface area (Å²) in [6, 6.07) is 2.04. The number of carbonyl (C=O) groups excluding carboxylic acids is 1. The van der Waals surface area contributed by atoms with Gasteiger partial charge in [-0.2, -0.15) is 5.10 Å². The molecule has 0 saturated carbocycles. The maximum Gasteiger partial charge on any atom is 0.317 e. The third kappa shape index (κ3) is 7.21. The van der Waals surface area contributed by atoms with E-state index in [9.17, 15) is 4.79 Å². The van der Waals surface area contributed by atoms with E-state index in [0.717, 1.165) is 51.1 Å². The molecule has 0 bridgehead atoms. The van der Waals surface area contributed by atoms with Gasteiger partial charge in [-0.25, -0.2) is 4.79 Å². The number of allylic oxidation sites excluding steroid dienone is 3. The molecule has 2 heterocycles. The van der Waals surface area contributed by atoms with Crippen LogP contribution in [0.4, 0.5) is 4.79 Å². The second-order valence-electron chi connectivity index (χ2n) is 7.86. The van der Waals surface area contributed by atoms with Crippen molar-refractivity contribution in [3.8, 4) is 0 Å². The Morgan fingerprint density at radius 1 is 1.26 bits per heavy atom. The fourth-order valence-corrected chi connectivity index (χ4v) is 3.13. The average molecular weight is 374 g/mol. The summed E-state index contributed by atoms with van der Waals surface area (Å²) in [7, 11) is 3.48. The molecule has 0 aliphatic carbocycles. The molecule has 0 fully saturated rings. The summed E-state index contributed by atoms with van der Waals surface area (Å²) >= 11 is 0. The van der Waals surface area contributed by atoms with Crippen molar-refractivity contribution < 1.29 is 4.79 Å². The first-order valence-corrected chi connectivity index (χ1v) is 9.87. The number of nitrogens with one attached hydrogen (secondary N) is 1. The molecule has 0 spiro atoms. The molecule has 1 aliphatic rings. The van der Waals surface area contributed by atoms with Gasteiger partial charge in [0.2, 0.25) is 0 Å². The Morgan fingerprint density at radius 3 is 2.74 bits per heavy atom. The van der Waals surface area contributed by atoms with E-state index in [1.54, 1.807) is 14.1 Å². The molecule has 1 aromatic rings. The molecule has 0 aromatic carbocycles. The van der Waals surface area contributed by atoms with Crippen LogP contribution in [0.25, 0.3) is 0 Å². The molecule has 1 aliphatic heterocycles. The highest BCUT2D eigenvalue weighted by Crippen LogP contribution is 2.15. The lowest BCUT2D eigenvalue weighted by Crippen LogP contribution is -2.34. The standard InChI is InChI=1S/C21H35N5O/c1-17(2)8-6-9-18(3)10-13-25-11-7-12-26-20(16-25)14-19(23-26)15-22-21(27)24(4)5/h8,10,14H,6-7,9,11-13,15-16H2,1-5H3,(H,22,27)/b18-10+. The maximum absolute atomic E-state index is 11.7. The van der Waals surface area contributed by atoms with Gasteiger partial charge in [0.25, 0.3) is 0 Å². The first-order valence-electron chi connectivity index (χ1n) is 9.87. The molecule has 2 amide bonds. The largest absolute Gasteiger partial charge is 0.332 e. The molecule has 6 heteroatoms. The minimum atomic E-state index is -0.0893. The van der Waals surface area contributed by atoms with Crippen molar-refractivity contribution in [2.24, 2.45) is 0 Å². The van der Waals surface area contributed by atoms with Gasteiger partial charge in [0.1, 0.15) is 0 Å². The number of amides is 2. The van der Waals surface area contributed by atoms with Gasteiger partial charge in [0.05, 0.1) is 17.9 Å². The molecule has 0 atom stereocenters. The van der Waals surface area contributed by atoms with Gasteiger partial charge in [-0.1, -0.05) is 23.3 Å². The van der Waals surface area contributed by atoms with Gasteiger partial charge in [-0.15, -0.1) is 0 Å². The molecular weight excluding hydrogens is 338 g/mol. The van der Waals surface area contributed by atoms with Gasteiger partial charge in [-0.05, 0) is 46.1 Å². The van der Waals surface area contributed by atoms with E-state index in [2.05, 4.69) is 59.0 Å². The quantitative estimate of drug-likeness (QED) is 0.744. The Labute approximate surface area is 163 Å². The number of aromatic nitrogens is 2. The van der Waals surface area contributed by atoms with Crippen LogP contribution in [0.5, 0.6) is 0 Å². The van der Waals surface area contributed by atoms with Crippen molar-refractivity contribution in [1.82, 2.24) is 24.9 Å². The second kappa shape index (κ2) is 10.3. The number of rotatable bonds is 7. The van der Waals surface area contributed by atoms with Crippen molar-refractivity contribution in [3.63, 3.8) is 0 Å². The summed E-state index contributed by atoms with van der Waals surface area (Å²) in [4.78, 5) is 15.7. The lowest BCUT2D eigenvalue weighted by molar-refractivity contribution is 0.217. The van der Waals surface area contributed by atoms with E-state index in [-0.39, 0.29) is 6.03 Å². The van der Waals surface area contributed by atoms with Crippen molar-refractivity contribution >= 4 is 6.03 Å². The first kappa shape index (κ1) is 21.2. The second-order valence-corrected chi connectivity index (χ2v) is 7.86. The zero-order valence-electron chi connectivity index (χ0n) is 17.6. The highest BCUT2D eigenvalue weighted by atomic mass is 16.2. The summed E-state index contributed by atoms with van der Waals surface area (Å²) < 4.78 is 2.10. The van der Waals surface area contributed by atoms with E-state index in [4.69, 9.17) is 0 Å². The Bertz CT molecular complexity index is 683. The number of urea groups is 1. The highest BCUT2D eigenvalue weighted by molar-refractivity contribution is 5.73. The minimum absolute atomic E-state index is 0.0893. The van der Waals surface area contributed by atoms with Crippen LogP contribution >= 0.6 is 0 Å². The first-order chi connectivity index (χ1) is 12.8. The van der Waals surface area contributed by atoms with E-state index in [0.29, 0.717) is 6.54 Å². The summed E-state index contributed by atoms with van der Waals surface area (Å²) in [6.45, 7) is 10.9. The van der Waals surface area contributed by atoms with Gasteiger partial charge >= 0.3 is 6.03 Å². The molecule has 1 N–H and O–H groups in total. The summed E-state index contributed by atoms with van der Waals surface area (Å²) in [5, 5.41) is 7.55. The molecule has 1 aromatic heterocycles. The molecule has 0 unspecified atom stereocenters. The summed E-state index contributed by atoms with van der Waals surface area (Å²) in [6.07, 6.45) is 8.02. The van der Waals surface area contributed by atoms with Gasteiger partial charge in [0, 0.05) is 40.3 Å². The van der Waals surface area contributed by atoms with Crippen molar-refractivity contribution in [1.29, 1.82) is 0 Å². The normalized spacial score (nSPS) is 15.1. The van der Waals surface area contributed by atoms with Crippen molar-refractivity contribution in [2.75, 3.05) is 27.2 Å². The maximum atomic E-state index is 11.7. The summed E-state index contributed by atoms with van der Waals surface area (Å²) in [5.74, 6) is 0. The molecule has 0 saturated heterocycles. The summed E-state index contributed by atoms with van der Waals surface area (Å²) in [5.41, 5.74) is 5.01. The van der Waals surface area contributed by atoms with E-state index >= 15 is 0 Å². The van der Waals surface area contributed by atoms with Crippen LogP contribution in [-0.2, 0) is 19.6 Å². The number of hydrogen-bond acceptors (Lipinski definition) is 3. The molecule has 150 valence electrons. The monoisotopic (exact) mass is 373 g/mol. The van der Waals surface area contributed by atoms with Gasteiger partial charge < -0.3 is 10.2 Å². The Balaban J connectivity index is 1.89. The Morgan fingerprint density at radius 2 is 2.04 bits per heavy atom. The number of hydrogen-bond donors (Lipinski definition) is 1. The zero-order chi connectivity index (χ0) is 19.8. The number of nitrogens with zero attached hydrogens (tertiary/aromatic N) is 4. The van der Waals surface area contributed by atoms with Crippen LogP contribution < -0.4 is 5.32 Å². The van der Waals surface area contributed by atoms with Gasteiger partial charge in [0.15, 0.2) is 0 Å². The molecule has 2 rings (SSSR count). The van der Waals surface area contributed by atoms with E-state index in [1.165, 1.54) is 21.7 Å². The van der Waals surface area contributed by atoms with E-state index in [1.807, 2.05) is 0 Å². The Kier molecular flexibility index (Phi) is 8.10. The van der Waals surface area contributed by atoms with Crippen molar-refractivity contribution in [3.05, 3.63) is 40.8 Å². The smallest absolute Gasteiger partial charge is 0.317 e. The molecule has 27 heavy (non-hydrogen) atoms. The predicted molar refractivity (Wildman–Crippen MR) is 110 cm³/mol. The molecule has 6 nitrogen and oxygen atoms in total. The van der Waals surface area contributed by atoms with Gasteiger partial charge in [-0.3, -0.25) is 9.58 Å². The predicted octanol–water partition coefficient (Wildman–Crippen LogP) is 3.55. The Hall–Kier alpha value is -2.08. The van der Waals surface area contributed by atoms with Crippen LogP contribution in [-0.4, -0.2) is 52.8 Å². The average Bonchev–Trinajstić information content (AvgIpc) is 2.88. The third-order valence-electron chi connectivity index (χ3n) is 4.76. The van der Waals surface area contributed by atoms with Crippen LogP contribution in [0.1, 0.15) is 51.4 Å². The molecular formula is C21H35N5O. The van der Waals surface area contributed by atoms with Crippen LogP contribution in [0.15, 0.2) is 29.4 Å². The molecule has 0 radical (unpaired) electrons. The highest BCUT2D eigenvalue weighted by Gasteiger charge is 2.16. The van der Waals surface area contributed by atoms with E-state index < -0.39 is 0 Å².